The van der Waals surface area contributed by atoms with Crippen LogP contribution in [0.2, 0.25) is 5.15 Å². The molecule has 0 atom stereocenters. The van der Waals surface area contributed by atoms with Gasteiger partial charge in [0, 0.05) is 17.2 Å². The molecule has 2 aromatic rings. The standard InChI is InChI=1S/C13H16ClN5O/c1-7-9(14)16-12(13(2,3)4)17-11(7)19-6-5-8(18-19)10(15)20/h5-6H,1-4H3,(H2,15,20). The minimum Gasteiger partial charge on any atom is -0.364 e. The summed E-state index contributed by atoms with van der Waals surface area (Å²) in [5.41, 5.74) is 5.82. The number of aromatic nitrogens is 4. The fraction of sp³-hybridized carbons (Fsp3) is 0.385. The molecule has 0 spiro atoms. The van der Waals surface area contributed by atoms with Gasteiger partial charge in [0.25, 0.3) is 5.91 Å². The molecule has 0 aliphatic rings. The minimum absolute atomic E-state index is 0.177. The van der Waals surface area contributed by atoms with Gasteiger partial charge >= 0.3 is 0 Å². The lowest BCUT2D eigenvalue weighted by atomic mass is 9.95. The SMILES string of the molecule is Cc1c(Cl)nc(C(C)(C)C)nc1-n1ccc(C(N)=O)n1. The molecule has 0 saturated heterocycles. The van der Waals surface area contributed by atoms with Gasteiger partial charge in [-0.2, -0.15) is 5.10 Å². The van der Waals surface area contributed by atoms with Gasteiger partial charge in [0.2, 0.25) is 0 Å². The van der Waals surface area contributed by atoms with Gasteiger partial charge in [-0.25, -0.2) is 14.6 Å². The Kier molecular flexibility index (Phi) is 3.52. The maximum absolute atomic E-state index is 11.1. The van der Waals surface area contributed by atoms with Crippen LogP contribution in [0.15, 0.2) is 12.3 Å². The van der Waals surface area contributed by atoms with E-state index in [4.69, 9.17) is 17.3 Å². The molecule has 2 aromatic heterocycles. The van der Waals surface area contributed by atoms with Crippen molar-refractivity contribution in [1.29, 1.82) is 0 Å². The molecule has 106 valence electrons. The number of carbonyl (C=O) groups excluding carboxylic acids is 1. The average molecular weight is 294 g/mol. The Bertz CT molecular complexity index is 672. The zero-order valence-corrected chi connectivity index (χ0v) is 12.6. The summed E-state index contributed by atoms with van der Waals surface area (Å²) in [6.07, 6.45) is 1.62. The van der Waals surface area contributed by atoms with E-state index in [1.165, 1.54) is 10.7 Å². The zero-order valence-electron chi connectivity index (χ0n) is 11.8. The normalized spacial score (nSPS) is 11.7. The van der Waals surface area contributed by atoms with Crippen molar-refractivity contribution in [2.45, 2.75) is 33.1 Å². The van der Waals surface area contributed by atoms with E-state index >= 15 is 0 Å². The highest BCUT2D eigenvalue weighted by molar-refractivity contribution is 6.30. The second-order valence-corrected chi connectivity index (χ2v) is 5.90. The maximum atomic E-state index is 11.1. The highest BCUT2D eigenvalue weighted by Crippen LogP contribution is 2.25. The molecule has 0 radical (unpaired) electrons. The van der Waals surface area contributed by atoms with Gasteiger partial charge in [-0.15, -0.1) is 0 Å². The zero-order chi connectivity index (χ0) is 15.1. The van der Waals surface area contributed by atoms with Crippen LogP contribution < -0.4 is 5.73 Å². The van der Waals surface area contributed by atoms with Crippen LogP contribution in [0.25, 0.3) is 5.82 Å². The molecule has 20 heavy (non-hydrogen) atoms. The Morgan fingerprint density at radius 2 is 2.00 bits per heavy atom. The van der Waals surface area contributed by atoms with E-state index in [-0.39, 0.29) is 11.1 Å². The van der Waals surface area contributed by atoms with E-state index in [1.807, 2.05) is 20.8 Å². The average Bonchev–Trinajstić information content (AvgIpc) is 2.80. The van der Waals surface area contributed by atoms with Crippen LogP contribution in [0.5, 0.6) is 0 Å². The molecule has 0 aliphatic carbocycles. The van der Waals surface area contributed by atoms with E-state index < -0.39 is 5.91 Å². The van der Waals surface area contributed by atoms with Crippen molar-refractivity contribution in [3.63, 3.8) is 0 Å². The van der Waals surface area contributed by atoms with Crippen molar-refractivity contribution in [2.24, 2.45) is 5.73 Å². The summed E-state index contributed by atoms with van der Waals surface area (Å²) < 4.78 is 1.48. The molecule has 2 heterocycles. The Morgan fingerprint density at radius 1 is 1.35 bits per heavy atom. The van der Waals surface area contributed by atoms with Gasteiger partial charge in [-0.05, 0) is 13.0 Å². The first kappa shape index (κ1) is 14.5. The Balaban J connectivity index is 2.60. The third-order valence-corrected chi connectivity index (χ3v) is 3.16. The number of nitrogens with two attached hydrogens (primary N) is 1. The highest BCUT2D eigenvalue weighted by atomic mass is 35.5. The summed E-state index contributed by atoms with van der Waals surface area (Å²) in [5, 5.41) is 4.47. The van der Waals surface area contributed by atoms with E-state index in [1.54, 1.807) is 13.1 Å². The summed E-state index contributed by atoms with van der Waals surface area (Å²) in [7, 11) is 0. The minimum atomic E-state index is -0.586. The van der Waals surface area contributed by atoms with E-state index in [0.29, 0.717) is 22.4 Å². The van der Waals surface area contributed by atoms with E-state index in [0.717, 1.165) is 0 Å². The molecular formula is C13H16ClN5O. The number of amides is 1. The Hall–Kier alpha value is -1.95. The molecule has 0 aliphatic heterocycles. The fourth-order valence-electron chi connectivity index (χ4n) is 1.61. The number of primary amides is 1. The van der Waals surface area contributed by atoms with Crippen LogP contribution in [0.1, 0.15) is 42.6 Å². The third-order valence-electron chi connectivity index (χ3n) is 2.79. The second-order valence-electron chi connectivity index (χ2n) is 5.55. The molecule has 0 unspecified atom stereocenters. The number of carbonyl (C=O) groups is 1. The van der Waals surface area contributed by atoms with E-state index in [2.05, 4.69) is 15.1 Å². The van der Waals surface area contributed by atoms with Gasteiger partial charge in [0.1, 0.15) is 16.7 Å². The molecule has 7 heteroatoms. The highest BCUT2D eigenvalue weighted by Gasteiger charge is 2.21. The molecule has 2 N–H and O–H groups in total. The lowest BCUT2D eigenvalue weighted by Gasteiger charge is -2.18. The summed E-state index contributed by atoms with van der Waals surface area (Å²) >= 11 is 6.16. The van der Waals surface area contributed by atoms with Crippen LogP contribution >= 0.6 is 11.6 Å². The van der Waals surface area contributed by atoms with Crippen molar-refractivity contribution in [2.75, 3.05) is 0 Å². The topological polar surface area (TPSA) is 86.7 Å². The summed E-state index contributed by atoms with van der Waals surface area (Å²) in [4.78, 5) is 19.9. The van der Waals surface area contributed by atoms with Gasteiger partial charge < -0.3 is 5.73 Å². The number of hydrogen-bond donors (Lipinski definition) is 1. The van der Waals surface area contributed by atoms with Crippen molar-refractivity contribution in [3.05, 3.63) is 34.5 Å². The van der Waals surface area contributed by atoms with Crippen LogP contribution in [0, 0.1) is 6.92 Å². The maximum Gasteiger partial charge on any atom is 0.269 e. The van der Waals surface area contributed by atoms with Crippen LogP contribution in [-0.4, -0.2) is 25.7 Å². The van der Waals surface area contributed by atoms with Crippen LogP contribution in [0.4, 0.5) is 0 Å². The smallest absolute Gasteiger partial charge is 0.269 e. The third kappa shape index (κ3) is 2.65. The lowest BCUT2D eigenvalue weighted by molar-refractivity contribution is 0.0995. The van der Waals surface area contributed by atoms with Gasteiger partial charge in [0.05, 0.1) is 0 Å². The number of halogens is 1. The van der Waals surface area contributed by atoms with Crippen molar-refractivity contribution < 1.29 is 4.79 Å². The van der Waals surface area contributed by atoms with Crippen molar-refractivity contribution in [1.82, 2.24) is 19.7 Å². The molecule has 0 fully saturated rings. The molecule has 0 aromatic carbocycles. The first-order chi connectivity index (χ1) is 9.20. The van der Waals surface area contributed by atoms with Gasteiger partial charge in [-0.3, -0.25) is 4.79 Å². The number of nitrogens with zero attached hydrogens (tertiary/aromatic N) is 4. The summed E-state index contributed by atoms with van der Waals surface area (Å²) in [6, 6.07) is 1.54. The first-order valence-corrected chi connectivity index (χ1v) is 6.48. The summed E-state index contributed by atoms with van der Waals surface area (Å²) in [6.45, 7) is 7.79. The van der Waals surface area contributed by atoms with E-state index in [9.17, 15) is 4.79 Å². The van der Waals surface area contributed by atoms with Crippen molar-refractivity contribution in [3.8, 4) is 5.82 Å². The predicted octanol–water partition coefficient (Wildman–Crippen LogP) is 2.02. The Morgan fingerprint density at radius 3 is 2.50 bits per heavy atom. The quantitative estimate of drug-likeness (QED) is 0.858. The van der Waals surface area contributed by atoms with Crippen LogP contribution in [-0.2, 0) is 5.41 Å². The Labute approximate surface area is 122 Å². The molecule has 0 bridgehead atoms. The van der Waals surface area contributed by atoms with Gasteiger partial charge in [-0.1, -0.05) is 32.4 Å². The molecule has 6 nitrogen and oxygen atoms in total. The second kappa shape index (κ2) is 4.86. The molecule has 2 rings (SSSR count). The summed E-state index contributed by atoms with van der Waals surface area (Å²) in [5.74, 6) is 0.569. The first-order valence-electron chi connectivity index (χ1n) is 6.10. The van der Waals surface area contributed by atoms with Crippen LogP contribution in [0.3, 0.4) is 0 Å². The number of hydrogen-bond acceptors (Lipinski definition) is 4. The lowest BCUT2D eigenvalue weighted by Crippen LogP contribution is -2.19. The molecule has 1 amide bonds. The van der Waals surface area contributed by atoms with Crippen molar-refractivity contribution >= 4 is 17.5 Å². The largest absolute Gasteiger partial charge is 0.364 e. The molecule has 0 saturated carbocycles. The monoisotopic (exact) mass is 293 g/mol. The fourth-order valence-corrected chi connectivity index (χ4v) is 1.77. The molecular weight excluding hydrogens is 278 g/mol. The number of rotatable bonds is 2. The van der Waals surface area contributed by atoms with Gasteiger partial charge in [0.15, 0.2) is 5.82 Å². The predicted molar refractivity (Wildman–Crippen MR) is 76.1 cm³/mol.